The number of hydrogen-bond acceptors (Lipinski definition) is 3. The van der Waals surface area contributed by atoms with E-state index in [0.29, 0.717) is 12.0 Å². The van der Waals surface area contributed by atoms with Crippen molar-refractivity contribution >= 4 is 11.9 Å². The molecule has 0 bridgehead atoms. The fourth-order valence-electron chi connectivity index (χ4n) is 1.85. The molecule has 0 aliphatic heterocycles. The fourth-order valence-corrected chi connectivity index (χ4v) is 1.85. The van der Waals surface area contributed by atoms with Gasteiger partial charge in [-0.1, -0.05) is 19.1 Å². The van der Waals surface area contributed by atoms with Crippen molar-refractivity contribution in [3.63, 3.8) is 0 Å². The van der Waals surface area contributed by atoms with Crippen LogP contribution in [0, 0.1) is 11.3 Å². The SMILES string of the molecule is CCC(C)(CC(=O)O)NC(=O)c1cccc(CC#N)c1. The second-order valence-electron chi connectivity index (χ2n) is 4.97. The predicted molar refractivity (Wildman–Crippen MR) is 74.2 cm³/mol. The van der Waals surface area contributed by atoms with E-state index in [2.05, 4.69) is 5.32 Å². The molecule has 1 aromatic rings. The maximum atomic E-state index is 12.2. The van der Waals surface area contributed by atoms with E-state index in [1.807, 2.05) is 13.0 Å². The lowest BCUT2D eigenvalue weighted by atomic mass is 9.94. The topological polar surface area (TPSA) is 90.2 Å². The molecule has 0 spiro atoms. The summed E-state index contributed by atoms with van der Waals surface area (Å²) in [6.45, 7) is 3.54. The van der Waals surface area contributed by atoms with Gasteiger partial charge in [-0.3, -0.25) is 9.59 Å². The number of nitrogens with one attached hydrogen (secondary N) is 1. The van der Waals surface area contributed by atoms with Crippen molar-refractivity contribution in [2.24, 2.45) is 0 Å². The number of hydrogen-bond donors (Lipinski definition) is 2. The zero-order chi connectivity index (χ0) is 15.2. The Labute approximate surface area is 118 Å². The fraction of sp³-hybridized carbons (Fsp3) is 0.400. The molecule has 2 N–H and O–H groups in total. The van der Waals surface area contributed by atoms with Gasteiger partial charge in [0.2, 0.25) is 0 Å². The smallest absolute Gasteiger partial charge is 0.305 e. The molecular weight excluding hydrogens is 256 g/mol. The van der Waals surface area contributed by atoms with Gasteiger partial charge in [0, 0.05) is 11.1 Å². The van der Waals surface area contributed by atoms with Crippen molar-refractivity contribution < 1.29 is 14.7 Å². The average molecular weight is 274 g/mol. The monoisotopic (exact) mass is 274 g/mol. The summed E-state index contributed by atoms with van der Waals surface area (Å²) in [5.41, 5.74) is 0.410. The van der Waals surface area contributed by atoms with Crippen LogP contribution >= 0.6 is 0 Å². The van der Waals surface area contributed by atoms with E-state index in [0.717, 1.165) is 5.56 Å². The summed E-state index contributed by atoms with van der Waals surface area (Å²) < 4.78 is 0. The van der Waals surface area contributed by atoms with E-state index in [-0.39, 0.29) is 18.7 Å². The van der Waals surface area contributed by atoms with Crippen LogP contribution in [0.25, 0.3) is 0 Å². The lowest BCUT2D eigenvalue weighted by Gasteiger charge is -2.28. The molecule has 0 saturated heterocycles. The summed E-state index contributed by atoms with van der Waals surface area (Å²) in [4.78, 5) is 23.0. The molecule has 0 aliphatic carbocycles. The van der Waals surface area contributed by atoms with Crippen molar-refractivity contribution in [1.29, 1.82) is 5.26 Å². The Morgan fingerprint density at radius 3 is 2.70 bits per heavy atom. The third kappa shape index (κ3) is 4.39. The number of carboxylic acids is 1. The van der Waals surface area contributed by atoms with Gasteiger partial charge in [-0.2, -0.15) is 5.26 Å². The standard InChI is InChI=1S/C15H18N2O3/c1-3-15(2,10-13(18)19)17-14(20)12-6-4-5-11(9-12)7-8-16/h4-6,9H,3,7,10H2,1-2H3,(H,17,20)(H,18,19). The molecule has 5 nitrogen and oxygen atoms in total. The Bertz CT molecular complexity index is 548. The molecule has 0 fully saturated rings. The second-order valence-corrected chi connectivity index (χ2v) is 4.97. The number of rotatable bonds is 6. The molecule has 1 rings (SSSR count). The van der Waals surface area contributed by atoms with Crippen molar-refractivity contribution in [2.75, 3.05) is 0 Å². The maximum Gasteiger partial charge on any atom is 0.305 e. The molecule has 0 heterocycles. The van der Waals surface area contributed by atoms with Crippen LogP contribution < -0.4 is 5.32 Å². The highest BCUT2D eigenvalue weighted by molar-refractivity contribution is 5.95. The van der Waals surface area contributed by atoms with E-state index in [1.165, 1.54) is 0 Å². The summed E-state index contributed by atoms with van der Waals surface area (Å²) in [5, 5.41) is 20.3. The van der Waals surface area contributed by atoms with Crippen molar-refractivity contribution in [3.8, 4) is 6.07 Å². The van der Waals surface area contributed by atoms with Crippen LogP contribution in [0.5, 0.6) is 0 Å². The van der Waals surface area contributed by atoms with Gasteiger partial charge in [0.1, 0.15) is 0 Å². The molecule has 0 aromatic heterocycles. The molecule has 0 saturated carbocycles. The van der Waals surface area contributed by atoms with Gasteiger partial charge in [0.25, 0.3) is 5.91 Å². The number of nitriles is 1. The third-order valence-corrected chi connectivity index (χ3v) is 3.21. The van der Waals surface area contributed by atoms with Crippen molar-refractivity contribution in [3.05, 3.63) is 35.4 Å². The highest BCUT2D eigenvalue weighted by Gasteiger charge is 2.27. The van der Waals surface area contributed by atoms with E-state index >= 15 is 0 Å². The molecule has 106 valence electrons. The van der Waals surface area contributed by atoms with Gasteiger partial charge in [-0.25, -0.2) is 0 Å². The van der Waals surface area contributed by atoms with Gasteiger partial charge >= 0.3 is 5.97 Å². The van der Waals surface area contributed by atoms with Crippen LogP contribution in [0.1, 0.15) is 42.6 Å². The largest absolute Gasteiger partial charge is 0.481 e. The first-order valence-electron chi connectivity index (χ1n) is 6.40. The maximum absolute atomic E-state index is 12.2. The lowest BCUT2D eigenvalue weighted by molar-refractivity contribution is -0.138. The Hall–Kier alpha value is -2.35. The Balaban J connectivity index is 2.87. The van der Waals surface area contributed by atoms with Crippen LogP contribution in [-0.4, -0.2) is 22.5 Å². The summed E-state index contributed by atoms with van der Waals surface area (Å²) in [5.74, 6) is -1.27. The normalized spacial score (nSPS) is 13.1. The Morgan fingerprint density at radius 1 is 1.45 bits per heavy atom. The highest BCUT2D eigenvalue weighted by atomic mass is 16.4. The van der Waals surface area contributed by atoms with Crippen LogP contribution in [0.2, 0.25) is 0 Å². The summed E-state index contributed by atoms with van der Waals surface area (Å²) in [7, 11) is 0. The predicted octanol–water partition coefficient (Wildman–Crippen LogP) is 2.13. The minimum absolute atomic E-state index is 0.132. The first-order chi connectivity index (χ1) is 9.40. The summed E-state index contributed by atoms with van der Waals surface area (Å²) in [6, 6.07) is 8.80. The average Bonchev–Trinajstić information content (AvgIpc) is 2.38. The number of nitrogens with zero attached hydrogens (tertiary/aromatic N) is 1. The van der Waals surface area contributed by atoms with Gasteiger partial charge in [-0.05, 0) is 31.0 Å². The summed E-state index contributed by atoms with van der Waals surface area (Å²) in [6.07, 6.45) is 0.622. The number of carboxylic acid groups (broad SMARTS) is 1. The first-order valence-corrected chi connectivity index (χ1v) is 6.40. The molecule has 0 radical (unpaired) electrons. The zero-order valence-electron chi connectivity index (χ0n) is 11.6. The van der Waals surface area contributed by atoms with E-state index in [4.69, 9.17) is 10.4 Å². The van der Waals surface area contributed by atoms with Crippen molar-refractivity contribution in [2.45, 2.75) is 38.6 Å². The Morgan fingerprint density at radius 2 is 2.15 bits per heavy atom. The van der Waals surface area contributed by atoms with E-state index in [9.17, 15) is 9.59 Å². The molecular formula is C15H18N2O3. The van der Waals surface area contributed by atoms with Gasteiger partial charge in [-0.15, -0.1) is 0 Å². The number of benzene rings is 1. The molecule has 20 heavy (non-hydrogen) atoms. The third-order valence-electron chi connectivity index (χ3n) is 3.21. The molecule has 1 amide bonds. The van der Waals surface area contributed by atoms with Crippen molar-refractivity contribution in [1.82, 2.24) is 5.32 Å². The quantitative estimate of drug-likeness (QED) is 0.831. The van der Waals surface area contributed by atoms with Crippen LogP contribution in [0.15, 0.2) is 24.3 Å². The van der Waals surface area contributed by atoms with Crippen LogP contribution in [0.4, 0.5) is 0 Å². The van der Waals surface area contributed by atoms with Gasteiger partial charge in [0.15, 0.2) is 0 Å². The van der Waals surface area contributed by atoms with E-state index in [1.54, 1.807) is 31.2 Å². The van der Waals surface area contributed by atoms with Gasteiger partial charge in [0.05, 0.1) is 18.9 Å². The second kappa shape index (κ2) is 6.71. The minimum atomic E-state index is -0.951. The highest BCUT2D eigenvalue weighted by Crippen LogP contribution is 2.16. The number of carbonyl (C=O) groups excluding carboxylic acids is 1. The molecule has 5 heteroatoms. The molecule has 1 atom stereocenters. The summed E-state index contributed by atoms with van der Waals surface area (Å²) >= 11 is 0. The number of amides is 1. The zero-order valence-corrected chi connectivity index (χ0v) is 11.6. The van der Waals surface area contributed by atoms with Crippen LogP contribution in [0.3, 0.4) is 0 Å². The number of aliphatic carboxylic acids is 1. The minimum Gasteiger partial charge on any atom is -0.481 e. The van der Waals surface area contributed by atoms with Crippen LogP contribution in [-0.2, 0) is 11.2 Å². The molecule has 1 unspecified atom stereocenters. The Kier molecular flexibility index (Phi) is 5.27. The van der Waals surface area contributed by atoms with Gasteiger partial charge < -0.3 is 10.4 Å². The molecule has 0 aliphatic rings. The molecule has 1 aromatic carbocycles. The lowest BCUT2D eigenvalue weighted by Crippen LogP contribution is -2.47. The first kappa shape index (κ1) is 15.7. The number of carbonyl (C=O) groups is 2. The van der Waals surface area contributed by atoms with E-state index < -0.39 is 11.5 Å².